The van der Waals surface area contributed by atoms with Crippen LogP contribution in [0.15, 0.2) is 17.2 Å². The number of anilines is 1. The molecule has 1 aromatic heterocycles. The maximum absolute atomic E-state index is 12.5. The van der Waals surface area contributed by atoms with E-state index in [1.165, 1.54) is 12.4 Å². The van der Waals surface area contributed by atoms with E-state index >= 15 is 0 Å². The first-order valence-electron chi connectivity index (χ1n) is 5.13. The number of hydrogen-bond donors (Lipinski definition) is 1. The molecule has 1 unspecified atom stereocenters. The van der Waals surface area contributed by atoms with Gasteiger partial charge in [-0.1, -0.05) is 0 Å². The van der Waals surface area contributed by atoms with Crippen LogP contribution in [0.3, 0.4) is 0 Å². The molecule has 1 fully saturated rings. The third-order valence-electron chi connectivity index (χ3n) is 2.58. The molecule has 98 valence electrons. The number of amides is 1. The Labute approximate surface area is 102 Å². The average molecular weight is 275 g/mol. The molecule has 7 nitrogen and oxygen atoms in total. The van der Waals surface area contributed by atoms with Gasteiger partial charge in [-0.15, -0.1) is 3.89 Å². The van der Waals surface area contributed by atoms with Crippen LogP contribution >= 0.6 is 0 Å². The molecule has 9 heteroatoms. The first-order chi connectivity index (χ1) is 8.37. The topological polar surface area (TPSA) is 100 Å². The fourth-order valence-electron chi connectivity index (χ4n) is 1.92. The summed E-state index contributed by atoms with van der Waals surface area (Å²) in [5, 5.41) is 0. The maximum Gasteiger partial charge on any atom is 0.302 e. The highest BCUT2D eigenvalue weighted by molar-refractivity contribution is 7.86. The number of nitrogens with one attached hydrogen (secondary N) is 1. The van der Waals surface area contributed by atoms with Crippen molar-refractivity contribution in [3.8, 4) is 0 Å². The molecular weight excluding hydrogens is 265 g/mol. The Morgan fingerprint density at radius 1 is 1.50 bits per heavy atom. The van der Waals surface area contributed by atoms with Crippen molar-refractivity contribution in [1.29, 1.82) is 0 Å². The number of aromatic amines is 1. The van der Waals surface area contributed by atoms with Crippen molar-refractivity contribution in [2.75, 3.05) is 17.2 Å². The zero-order valence-electron chi connectivity index (χ0n) is 9.17. The van der Waals surface area contributed by atoms with Crippen molar-refractivity contribution in [3.05, 3.63) is 22.7 Å². The van der Waals surface area contributed by atoms with Crippen molar-refractivity contribution < 1.29 is 17.1 Å². The summed E-state index contributed by atoms with van der Waals surface area (Å²) in [4.78, 5) is 30.3. The van der Waals surface area contributed by atoms with Gasteiger partial charge in [-0.05, 0) is 0 Å². The summed E-state index contributed by atoms with van der Waals surface area (Å²) < 4.78 is 33.6. The van der Waals surface area contributed by atoms with Crippen LogP contribution in [-0.2, 0) is 15.0 Å². The Morgan fingerprint density at radius 2 is 2.22 bits per heavy atom. The highest BCUT2D eigenvalue weighted by Gasteiger charge is 2.35. The second-order valence-corrected chi connectivity index (χ2v) is 5.43. The van der Waals surface area contributed by atoms with Gasteiger partial charge in [0.2, 0.25) is 11.7 Å². The number of aromatic nitrogens is 2. The molecule has 1 aliphatic rings. The van der Waals surface area contributed by atoms with Gasteiger partial charge < -0.3 is 4.98 Å². The van der Waals surface area contributed by atoms with Crippen molar-refractivity contribution in [1.82, 2.24) is 9.97 Å². The normalized spacial score (nSPS) is 20.4. The van der Waals surface area contributed by atoms with Crippen LogP contribution in [0.2, 0.25) is 0 Å². The van der Waals surface area contributed by atoms with E-state index < -0.39 is 33.4 Å². The summed E-state index contributed by atoms with van der Waals surface area (Å²) in [5.41, 5.74) is -0.547. The lowest BCUT2D eigenvalue weighted by Crippen LogP contribution is -2.31. The third kappa shape index (κ3) is 2.73. The van der Waals surface area contributed by atoms with Gasteiger partial charge in [0.05, 0.1) is 5.75 Å². The number of halogens is 1. The fraction of sp³-hybridized carbons (Fsp3) is 0.444. The summed E-state index contributed by atoms with van der Waals surface area (Å²) in [6.45, 7) is -0.0257. The molecule has 18 heavy (non-hydrogen) atoms. The molecule has 0 saturated carbocycles. The van der Waals surface area contributed by atoms with Gasteiger partial charge in [-0.3, -0.25) is 14.5 Å². The number of nitrogens with zero attached hydrogens (tertiary/aromatic N) is 2. The van der Waals surface area contributed by atoms with Crippen LogP contribution in [0, 0.1) is 5.92 Å². The Bertz CT molecular complexity index is 627. The first-order valence-corrected chi connectivity index (χ1v) is 6.68. The number of carbonyl (C=O) groups is 1. The van der Waals surface area contributed by atoms with E-state index in [0.717, 1.165) is 4.90 Å². The molecule has 0 radical (unpaired) electrons. The van der Waals surface area contributed by atoms with Gasteiger partial charge in [-0.2, -0.15) is 8.42 Å². The lowest BCUT2D eigenvalue weighted by Gasteiger charge is -2.13. The van der Waals surface area contributed by atoms with Crippen LogP contribution in [0.5, 0.6) is 0 Å². The molecular formula is C9H10FN3O4S. The summed E-state index contributed by atoms with van der Waals surface area (Å²) in [7, 11) is -4.63. The first kappa shape index (κ1) is 12.7. The van der Waals surface area contributed by atoms with Gasteiger partial charge in [-0.25, -0.2) is 4.98 Å². The monoisotopic (exact) mass is 275 g/mol. The van der Waals surface area contributed by atoms with E-state index in [9.17, 15) is 21.9 Å². The van der Waals surface area contributed by atoms with E-state index in [2.05, 4.69) is 9.97 Å². The minimum atomic E-state index is -4.63. The zero-order chi connectivity index (χ0) is 13.3. The van der Waals surface area contributed by atoms with Gasteiger partial charge in [0, 0.05) is 31.3 Å². The summed E-state index contributed by atoms with van der Waals surface area (Å²) in [6.07, 6.45) is 2.51. The van der Waals surface area contributed by atoms with Gasteiger partial charge in [0.1, 0.15) is 0 Å². The van der Waals surface area contributed by atoms with Crippen LogP contribution in [0.1, 0.15) is 6.42 Å². The average Bonchev–Trinajstić information content (AvgIpc) is 2.57. The number of hydrogen-bond acceptors (Lipinski definition) is 5. The van der Waals surface area contributed by atoms with Crippen molar-refractivity contribution >= 4 is 21.9 Å². The van der Waals surface area contributed by atoms with E-state index in [-0.39, 0.29) is 18.8 Å². The molecule has 1 atom stereocenters. The van der Waals surface area contributed by atoms with Crippen LogP contribution in [0.25, 0.3) is 0 Å². The smallest absolute Gasteiger partial charge is 0.302 e. The Hall–Kier alpha value is -1.77. The molecule has 1 aliphatic heterocycles. The Balaban J connectivity index is 2.21. The SMILES string of the molecule is O=C1CC(CS(=O)(=O)F)CN1c1ncc[nH]c1=O. The number of rotatable bonds is 3. The fourth-order valence-corrected chi connectivity index (χ4v) is 2.70. The molecule has 0 aromatic carbocycles. The van der Waals surface area contributed by atoms with Gasteiger partial charge in [0.15, 0.2) is 0 Å². The van der Waals surface area contributed by atoms with Gasteiger partial charge in [0.25, 0.3) is 5.56 Å². The highest BCUT2D eigenvalue weighted by atomic mass is 32.3. The molecule has 1 amide bonds. The maximum atomic E-state index is 12.5. The molecule has 2 rings (SSSR count). The Morgan fingerprint density at radius 3 is 2.83 bits per heavy atom. The minimum absolute atomic E-state index is 0.0257. The van der Waals surface area contributed by atoms with E-state index in [1.54, 1.807) is 0 Å². The number of H-pyrrole nitrogens is 1. The minimum Gasteiger partial charge on any atom is -0.324 e. The van der Waals surface area contributed by atoms with E-state index in [4.69, 9.17) is 0 Å². The van der Waals surface area contributed by atoms with E-state index in [0.29, 0.717) is 0 Å². The predicted molar refractivity (Wildman–Crippen MR) is 60.2 cm³/mol. The predicted octanol–water partition coefficient (Wildman–Crippen LogP) is -0.578. The third-order valence-corrected chi connectivity index (χ3v) is 3.45. The standard InChI is InChI=1S/C9H10FN3O4S/c10-18(16,17)5-6-3-7(14)13(4-6)8-9(15)12-2-1-11-8/h1-2,6H,3-5H2,(H,12,15). The summed E-state index contributed by atoms with van der Waals surface area (Å²) in [6, 6.07) is 0. The zero-order valence-corrected chi connectivity index (χ0v) is 9.98. The lowest BCUT2D eigenvalue weighted by atomic mass is 10.1. The summed E-state index contributed by atoms with van der Waals surface area (Å²) in [5.74, 6) is -1.91. The lowest BCUT2D eigenvalue weighted by molar-refractivity contribution is -0.117. The largest absolute Gasteiger partial charge is 0.324 e. The van der Waals surface area contributed by atoms with Crippen molar-refractivity contribution in [3.63, 3.8) is 0 Å². The quantitative estimate of drug-likeness (QED) is 0.744. The van der Waals surface area contributed by atoms with Gasteiger partial charge >= 0.3 is 10.2 Å². The van der Waals surface area contributed by atoms with Crippen molar-refractivity contribution in [2.24, 2.45) is 5.92 Å². The molecule has 2 heterocycles. The Kier molecular flexibility index (Phi) is 3.16. The molecule has 0 bridgehead atoms. The highest BCUT2D eigenvalue weighted by Crippen LogP contribution is 2.22. The number of carbonyl (C=O) groups excluding carboxylic acids is 1. The molecule has 1 saturated heterocycles. The van der Waals surface area contributed by atoms with Crippen LogP contribution in [-0.4, -0.2) is 36.6 Å². The second kappa shape index (κ2) is 4.48. The summed E-state index contributed by atoms with van der Waals surface area (Å²) >= 11 is 0. The van der Waals surface area contributed by atoms with E-state index in [1.807, 2.05) is 0 Å². The van der Waals surface area contributed by atoms with Crippen LogP contribution in [0.4, 0.5) is 9.70 Å². The molecule has 0 spiro atoms. The molecule has 1 aromatic rings. The molecule has 1 N–H and O–H groups in total. The van der Waals surface area contributed by atoms with Crippen molar-refractivity contribution in [2.45, 2.75) is 6.42 Å². The molecule has 0 aliphatic carbocycles. The second-order valence-electron chi connectivity index (χ2n) is 4.02. The van der Waals surface area contributed by atoms with Crippen LogP contribution < -0.4 is 10.5 Å².